The van der Waals surface area contributed by atoms with E-state index in [-0.39, 0.29) is 34.5 Å². The van der Waals surface area contributed by atoms with E-state index in [1.165, 1.54) is 11.0 Å². The topological polar surface area (TPSA) is 123 Å². The molecule has 9 nitrogen and oxygen atoms in total. The number of rotatable bonds is 4. The normalized spacial score (nSPS) is 22.3. The molecule has 3 heterocycles. The minimum absolute atomic E-state index is 0.00893. The van der Waals surface area contributed by atoms with E-state index in [1.807, 2.05) is 7.05 Å². The van der Waals surface area contributed by atoms with Gasteiger partial charge >= 0.3 is 0 Å². The second-order valence-electron chi connectivity index (χ2n) is 8.93. The molecule has 1 saturated heterocycles. The van der Waals surface area contributed by atoms with Crippen molar-refractivity contribution in [1.29, 1.82) is 0 Å². The van der Waals surface area contributed by atoms with Crippen LogP contribution in [0.25, 0.3) is 11.5 Å². The predicted octanol–water partition coefficient (Wildman–Crippen LogP) is 2.60. The van der Waals surface area contributed by atoms with E-state index >= 15 is 4.39 Å². The summed E-state index contributed by atoms with van der Waals surface area (Å²) in [5, 5.41) is 8.62. The third-order valence-electron chi connectivity index (χ3n) is 6.32. The highest BCUT2D eigenvalue weighted by Gasteiger charge is 2.37. The lowest BCUT2D eigenvalue weighted by atomic mass is 10.1. The van der Waals surface area contributed by atoms with E-state index in [0.29, 0.717) is 16.5 Å². The van der Waals surface area contributed by atoms with Gasteiger partial charge in [-0.1, -0.05) is 23.7 Å². The first-order valence-electron chi connectivity index (χ1n) is 11.0. The maximum Gasteiger partial charge on any atom is 0.250 e. The lowest BCUT2D eigenvalue weighted by Crippen LogP contribution is -2.45. The summed E-state index contributed by atoms with van der Waals surface area (Å²) >= 11 is 5.97. The maximum atomic E-state index is 15.2. The summed E-state index contributed by atoms with van der Waals surface area (Å²) < 4.78 is 47.0. The molecule has 0 saturated carbocycles. The minimum atomic E-state index is -4.05. The van der Waals surface area contributed by atoms with Gasteiger partial charge in [-0.05, 0) is 49.8 Å². The predicted molar refractivity (Wildman–Crippen MR) is 127 cm³/mol. The van der Waals surface area contributed by atoms with E-state index in [4.69, 9.17) is 21.8 Å². The fourth-order valence-corrected chi connectivity index (χ4v) is 6.16. The van der Waals surface area contributed by atoms with Gasteiger partial charge in [0.25, 0.3) is 5.89 Å². The maximum absolute atomic E-state index is 15.2. The van der Waals surface area contributed by atoms with Crippen molar-refractivity contribution in [3.63, 3.8) is 0 Å². The molecule has 2 aliphatic rings. The van der Waals surface area contributed by atoms with E-state index in [2.05, 4.69) is 15.1 Å². The molecule has 35 heavy (non-hydrogen) atoms. The second-order valence-corrected chi connectivity index (χ2v) is 11.4. The third-order valence-corrected chi connectivity index (χ3v) is 8.37. The Hall–Kier alpha value is -2.86. The Balaban J connectivity index is 1.60. The van der Waals surface area contributed by atoms with Crippen LogP contribution in [0.4, 0.5) is 10.1 Å². The van der Waals surface area contributed by atoms with Gasteiger partial charge in [-0.25, -0.2) is 12.8 Å². The standard InChI is InChI=1S/C23H23ClFN5O4S/c1-29-7-6-14(11-29)21-27-28-22(34-21)16-8-19-20(9-17(16)25)35(32,33)12-18(26)23(31)30(19)10-13-2-4-15(24)5-3-13/h2-5,8-9,14,18H,6-7,10-12,26H2,1H3/t14?,18-/m0/s1. The van der Waals surface area contributed by atoms with E-state index in [0.717, 1.165) is 25.6 Å². The SMILES string of the molecule is CN1CCC(c2nnc(-c3cc4c(cc3F)S(=O)(=O)C[C@H](N)C(=O)N4Cc3ccc(Cl)cc3)o2)C1. The Morgan fingerprint density at radius 1 is 1.23 bits per heavy atom. The number of carbonyl (C=O) groups excluding carboxylic acids is 1. The first-order valence-corrected chi connectivity index (χ1v) is 13.1. The molecule has 0 radical (unpaired) electrons. The van der Waals surface area contributed by atoms with Gasteiger partial charge in [0.1, 0.15) is 5.82 Å². The van der Waals surface area contributed by atoms with Crippen molar-refractivity contribution < 1.29 is 22.0 Å². The van der Waals surface area contributed by atoms with Crippen LogP contribution in [0.2, 0.25) is 5.02 Å². The molecule has 2 N–H and O–H groups in total. The van der Waals surface area contributed by atoms with Gasteiger partial charge in [0, 0.05) is 11.6 Å². The number of sulfone groups is 1. The van der Waals surface area contributed by atoms with Crippen molar-refractivity contribution >= 4 is 33.0 Å². The number of likely N-dealkylation sites (N-methyl/N-ethyl adjacent to an activating group) is 1. The van der Waals surface area contributed by atoms with Gasteiger partial charge < -0.3 is 20.0 Å². The summed E-state index contributed by atoms with van der Waals surface area (Å²) in [6.07, 6.45) is 0.838. The Morgan fingerprint density at radius 3 is 2.66 bits per heavy atom. The summed E-state index contributed by atoms with van der Waals surface area (Å²) in [4.78, 5) is 16.2. The lowest BCUT2D eigenvalue weighted by molar-refractivity contribution is -0.119. The molecule has 1 unspecified atom stereocenters. The van der Waals surface area contributed by atoms with Gasteiger partial charge in [0.2, 0.25) is 11.8 Å². The molecule has 184 valence electrons. The highest BCUT2D eigenvalue weighted by molar-refractivity contribution is 7.91. The van der Waals surface area contributed by atoms with Gasteiger partial charge in [-0.2, -0.15) is 0 Å². The van der Waals surface area contributed by atoms with Crippen molar-refractivity contribution in [3.8, 4) is 11.5 Å². The summed E-state index contributed by atoms with van der Waals surface area (Å²) in [7, 11) is -2.06. The number of carbonyl (C=O) groups is 1. The highest BCUT2D eigenvalue weighted by atomic mass is 35.5. The summed E-state index contributed by atoms with van der Waals surface area (Å²) in [6, 6.07) is 7.61. The molecule has 2 aromatic carbocycles. The minimum Gasteiger partial charge on any atom is -0.420 e. The third kappa shape index (κ3) is 4.56. The lowest BCUT2D eigenvalue weighted by Gasteiger charge is -2.24. The fraction of sp³-hybridized carbons (Fsp3) is 0.348. The molecule has 0 bridgehead atoms. The molecule has 2 atom stereocenters. The first-order chi connectivity index (χ1) is 16.6. The largest absolute Gasteiger partial charge is 0.420 e. The number of aromatic nitrogens is 2. The molecule has 2 aliphatic heterocycles. The van der Waals surface area contributed by atoms with Gasteiger partial charge in [0.15, 0.2) is 9.84 Å². The van der Waals surface area contributed by atoms with Gasteiger partial charge in [0.05, 0.1) is 40.4 Å². The molecular formula is C23H23ClFN5O4S. The molecule has 1 fully saturated rings. The monoisotopic (exact) mass is 519 g/mol. The Bertz CT molecular complexity index is 1400. The van der Waals surface area contributed by atoms with Crippen molar-refractivity contribution in [2.75, 3.05) is 30.8 Å². The van der Waals surface area contributed by atoms with Crippen LogP contribution in [0.5, 0.6) is 0 Å². The van der Waals surface area contributed by atoms with Crippen LogP contribution in [0.1, 0.15) is 23.8 Å². The Morgan fingerprint density at radius 2 is 1.97 bits per heavy atom. The zero-order valence-electron chi connectivity index (χ0n) is 18.8. The zero-order valence-corrected chi connectivity index (χ0v) is 20.4. The second kappa shape index (κ2) is 8.98. The molecule has 0 spiro atoms. The number of fused-ring (bicyclic) bond motifs is 1. The molecular weight excluding hydrogens is 497 g/mol. The first kappa shape index (κ1) is 23.9. The quantitative estimate of drug-likeness (QED) is 0.558. The summed E-state index contributed by atoms with van der Waals surface area (Å²) in [5.74, 6) is -1.73. The van der Waals surface area contributed by atoms with Crippen molar-refractivity contribution in [2.45, 2.75) is 29.8 Å². The number of likely N-dealkylation sites (tertiary alicyclic amines) is 1. The molecule has 3 aromatic rings. The van der Waals surface area contributed by atoms with Crippen LogP contribution in [-0.2, 0) is 21.2 Å². The summed E-state index contributed by atoms with van der Waals surface area (Å²) in [5.41, 5.74) is 6.55. The van der Waals surface area contributed by atoms with E-state index < -0.39 is 33.4 Å². The fourth-order valence-electron chi connectivity index (χ4n) is 4.46. The Kier molecular flexibility index (Phi) is 6.12. The molecule has 5 rings (SSSR count). The number of anilines is 1. The van der Waals surface area contributed by atoms with Crippen molar-refractivity contribution in [1.82, 2.24) is 15.1 Å². The van der Waals surface area contributed by atoms with Gasteiger partial charge in [-0.15, -0.1) is 10.2 Å². The van der Waals surface area contributed by atoms with Crippen molar-refractivity contribution in [2.24, 2.45) is 5.73 Å². The smallest absolute Gasteiger partial charge is 0.250 e. The molecule has 12 heteroatoms. The Labute approximate surface area is 206 Å². The summed E-state index contributed by atoms with van der Waals surface area (Å²) in [6.45, 7) is 1.64. The van der Waals surface area contributed by atoms with Crippen molar-refractivity contribution in [3.05, 3.63) is 58.7 Å². The van der Waals surface area contributed by atoms with Crippen LogP contribution in [-0.4, -0.2) is 61.4 Å². The van der Waals surface area contributed by atoms with Crippen LogP contribution >= 0.6 is 11.6 Å². The van der Waals surface area contributed by atoms with Gasteiger partial charge in [-0.3, -0.25) is 4.79 Å². The average Bonchev–Trinajstić information content (AvgIpc) is 3.45. The van der Waals surface area contributed by atoms with E-state index in [9.17, 15) is 13.2 Å². The van der Waals surface area contributed by atoms with Crippen LogP contribution in [0, 0.1) is 5.82 Å². The van der Waals surface area contributed by atoms with E-state index in [1.54, 1.807) is 24.3 Å². The number of hydrogen-bond donors (Lipinski definition) is 1. The van der Waals surface area contributed by atoms with Crippen LogP contribution in [0.3, 0.4) is 0 Å². The number of nitrogens with two attached hydrogens (primary N) is 1. The number of benzene rings is 2. The number of amides is 1. The number of halogens is 2. The molecule has 0 aliphatic carbocycles. The number of hydrogen-bond acceptors (Lipinski definition) is 8. The zero-order chi connectivity index (χ0) is 24.9. The highest BCUT2D eigenvalue weighted by Crippen LogP contribution is 2.37. The number of nitrogens with zero attached hydrogens (tertiary/aromatic N) is 4. The molecule has 1 aromatic heterocycles. The molecule has 1 amide bonds. The van der Waals surface area contributed by atoms with Crippen LogP contribution < -0.4 is 10.6 Å². The van der Waals surface area contributed by atoms with Crippen LogP contribution in [0.15, 0.2) is 45.7 Å². The average molecular weight is 520 g/mol.